The fourth-order valence-electron chi connectivity index (χ4n) is 1.63. The van der Waals surface area contributed by atoms with Crippen molar-refractivity contribution in [1.82, 2.24) is 10.6 Å². The summed E-state index contributed by atoms with van der Waals surface area (Å²) < 4.78 is 10.7. The van der Waals surface area contributed by atoms with Crippen molar-refractivity contribution in [3.8, 4) is 0 Å². The van der Waals surface area contributed by atoms with Crippen molar-refractivity contribution in [3.63, 3.8) is 0 Å². The highest BCUT2D eigenvalue weighted by atomic mass is 16.5. The third-order valence-electron chi connectivity index (χ3n) is 2.89. The zero-order valence-corrected chi connectivity index (χ0v) is 11.3. The van der Waals surface area contributed by atoms with Crippen molar-refractivity contribution in [3.05, 3.63) is 0 Å². The summed E-state index contributed by atoms with van der Waals surface area (Å²) in [5, 5.41) is 6.03. The first kappa shape index (κ1) is 14.4. The topological polar surface area (TPSA) is 59.6 Å². The summed E-state index contributed by atoms with van der Waals surface area (Å²) in [6.45, 7) is 8.17. The van der Waals surface area contributed by atoms with E-state index in [4.69, 9.17) is 9.47 Å². The minimum atomic E-state index is -0.336. The van der Waals surface area contributed by atoms with Gasteiger partial charge in [-0.05, 0) is 20.8 Å². The van der Waals surface area contributed by atoms with Gasteiger partial charge in [0.25, 0.3) is 0 Å². The second kappa shape index (κ2) is 5.80. The molecule has 1 rings (SSSR count). The summed E-state index contributed by atoms with van der Waals surface area (Å²) in [4.78, 5) is 11.6. The Hall–Kier alpha value is -0.650. The highest BCUT2D eigenvalue weighted by molar-refractivity contribution is 5.78. The number of hydrogen-bond acceptors (Lipinski definition) is 4. The Labute approximate surface area is 103 Å². The molecule has 1 amide bonds. The molecule has 0 saturated carbocycles. The van der Waals surface area contributed by atoms with Crippen LogP contribution in [0.1, 0.15) is 27.2 Å². The SMILES string of the molecule is COC1(CNC(=O)CNC(C)(C)C)CCOC1. The number of nitrogens with one attached hydrogen (secondary N) is 2. The van der Waals surface area contributed by atoms with Crippen LogP contribution in [-0.2, 0) is 14.3 Å². The summed E-state index contributed by atoms with van der Waals surface area (Å²) in [5.74, 6) is -0.0109. The number of ether oxygens (including phenoxy) is 2. The number of amides is 1. The predicted molar refractivity (Wildman–Crippen MR) is 65.9 cm³/mol. The Morgan fingerprint density at radius 2 is 2.18 bits per heavy atom. The van der Waals surface area contributed by atoms with Crippen LogP contribution in [-0.4, -0.2) is 50.5 Å². The summed E-state index contributed by atoms with van der Waals surface area (Å²) in [7, 11) is 1.66. The summed E-state index contributed by atoms with van der Waals surface area (Å²) in [6, 6.07) is 0. The zero-order chi connectivity index (χ0) is 12.9. The molecule has 5 nitrogen and oxygen atoms in total. The molecule has 0 aliphatic carbocycles. The van der Waals surface area contributed by atoms with Crippen molar-refractivity contribution in [2.75, 3.05) is 33.4 Å². The van der Waals surface area contributed by atoms with E-state index in [-0.39, 0.29) is 17.0 Å². The van der Waals surface area contributed by atoms with Crippen LogP contribution in [0.2, 0.25) is 0 Å². The second-order valence-electron chi connectivity index (χ2n) is 5.57. The normalized spacial score (nSPS) is 24.9. The van der Waals surface area contributed by atoms with Crippen molar-refractivity contribution in [2.24, 2.45) is 0 Å². The van der Waals surface area contributed by atoms with Crippen LogP contribution in [0, 0.1) is 0 Å². The molecule has 0 radical (unpaired) electrons. The standard InChI is InChI=1S/C12H24N2O3/c1-11(2,3)14-7-10(15)13-8-12(16-4)5-6-17-9-12/h14H,5-9H2,1-4H3,(H,13,15). The van der Waals surface area contributed by atoms with Crippen LogP contribution >= 0.6 is 0 Å². The maximum atomic E-state index is 11.6. The van der Waals surface area contributed by atoms with Crippen LogP contribution in [0.4, 0.5) is 0 Å². The first-order chi connectivity index (χ1) is 7.87. The van der Waals surface area contributed by atoms with Crippen molar-refractivity contribution < 1.29 is 14.3 Å². The van der Waals surface area contributed by atoms with E-state index in [2.05, 4.69) is 10.6 Å². The van der Waals surface area contributed by atoms with E-state index in [1.165, 1.54) is 0 Å². The molecule has 1 fully saturated rings. The predicted octanol–water partition coefficient (Wildman–Crippen LogP) is 0.296. The molecule has 1 aliphatic rings. The van der Waals surface area contributed by atoms with E-state index in [1.807, 2.05) is 20.8 Å². The molecule has 0 aromatic heterocycles. The minimum Gasteiger partial charge on any atom is -0.378 e. The van der Waals surface area contributed by atoms with E-state index in [1.54, 1.807) is 7.11 Å². The number of methoxy groups -OCH3 is 1. The first-order valence-corrected chi connectivity index (χ1v) is 6.02. The molecule has 0 bridgehead atoms. The number of carbonyl (C=O) groups excluding carboxylic acids is 1. The van der Waals surface area contributed by atoms with Gasteiger partial charge in [0.1, 0.15) is 5.60 Å². The lowest BCUT2D eigenvalue weighted by molar-refractivity contribution is -0.122. The molecule has 1 atom stereocenters. The van der Waals surface area contributed by atoms with Gasteiger partial charge in [-0.15, -0.1) is 0 Å². The number of rotatable bonds is 5. The Morgan fingerprint density at radius 3 is 2.65 bits per heavy atom. The Bertz CT molecular complexity index is 255. The molecule has 2 N–H and O–H groups in total. The molecule has 0 spiro atoms. The Kier molecular flexibility index (Phi) is 4.91. The monoisotopic (exact) mass is 244 g/mol. The maximum absolute atomic E-state index is 11.6. The molecule has 100 valence electrons. The highest BCUT2D eigenvalue weighted by Gasteiger charge is 2.35. The van der Waals surface area contributed by atoms with Gasteiger partial charge >= 0.3 is 0 Å². The molecule has 1 aliphatic heterocycles. The molecule has 1 unspecified atom stereocenters. The van der Waals surface area contributed by atoms with Gasteiger partial charge in [-0.3, -0.25) is 4.79 Å². The summed E-state index contributed by atoms with van der Waals surface area (Å²) in [6.07, 6.45) is 0.830. The molecule has 5 heteroatoms. The third kappa shape index (κ3) is 5.02. The molecular formula is C12H24N2O3. The average molecular weight is 244 g/mol. The van der Waals surface area contributed by atoms with E-state index in [0.717, 1.165) is 6.42 Å². The summed E-state index contributed by atoms with van der Waals surface area (Å²) >= 11 is 0. The summed E-state index contributed by atoms with van der Waals surface area (Å²) in [5.41, 5.74) is -0.385. The molecular weight excluding hydrogens is 220 g/mol. The van der Waals surface area contributed by atoms with Crippen LogP contribution in [0.3, 0.4) is 0 Å². The Balaban J connectivity index is 2.27. The lowest BCUT2D eigenvalue weighted by atomic mass is 10.0. The van der Waals surface area contributed by atoms with E-state index >= 15 is 0 Å². The molecule has 0 aromatic carbocycles. The van der Waals surface area contributed by atoms with Crippen LogP contribution in [0.25, 0.3) is 0 Å². The van der Waals surface area contributed by atoms with E-state index < -0.39 is 0 Å². The lowest BCUT2D eigenvalue weighted by Gasteiger charge is -2.26. The van der Waals surface area contributed by atoms with Gasteiger partial charge in [0, 0.05) is 32.2 Å². The molecule has 1 saturated heterocycles. The van der Waals surface area contributed by atoms with Gasteiger partial charge in [-0.2, -0.15) is 0 Å². The van der Waals surface area contributed by atoms with Gasteiger partial charge in [0.05, 0.1) is 13.2 Å². The van der Waals surface area contributed by atoms with Crippen molar-refractivity contribution in [1.29, 1.82) is 0 Å². The second-order valence-corrected chi connectivity index (χ2v) is 5.57. The highest BCUT2D eigenvalue weighted by Crippen LogP contribution is 2.21. The van der Waals surface area contributed by atoms with Gasteiger partial charge in [-0.1, -0.05) is 0 Å². The quantitative estimate of drug-likeness (QED) is 0.730. The smallest absolute Gasteiger partial charge is 0.234 e. The Morgan fingerprint density at radius 1 is 1.47 bits per heavy atom. The fraction of sp³-hybridized carbons (Fsp3) is 0.917. The largest absolute Gasteiger partial charge is 0.378 e. The molecule has 0 aromatic rings. The zero-order valence-electron chi connectivity index (χ0n) is 11.3. The fourth-order valence-corrected chi connectivity index (χ4v) is 1.63. The number of carbonyl (C=O) groups is 1. The maximum Gasteiger partial charge on any atom is 0.234 e. The van der Waals surface area contributed by atoms with Gasteiger partial charge in [-0.25, -0.2) is 0 Å². The molecule has 1 heterocycles. The first-order valence-electron chi connectivity index (χ1n) is 6.02. The van der Waals surface area contributed by atoms with Gasteiger partial charge in [0.2, 0.25) is 5.91 Å². The average Bonchev–Trinajstić information content (AvgIpc) is 2.72. The van der Waals surface area contributed by atoms with Crippen molar-refractivity contribution in [2.45, 2.75) is 38.3 Å². The van der Waals surface area contributed by atoms with Crippen LogP contribution in [0.15, 0.2) is 0 Å². The van der Waals surface area contributed by atoms with E-state index in [9.17, 15) is 4.79 Å². The van der Waals surface area contributed by atoms with Gasteiger partial charge < -0.3 is 20.1 Å². The molecule has 17 heavy (non-hydrogen) atoms. The third-order valence-corrected chi connectivity index (χ3v) is 2.89. The lowest BCUT2D eigenvalue weighted by Crippen LogP contribution is -2.49. The van der Waals surface area contributed by atoms with Gasteiger partial charge in [0.15, 0.2) is 0 Å². The van der Waals surface area contributed by atoms with Crippen molar-refractivity contribution >= 4 is 5.91 Å². The van der Waals surface area contributed by atoms with E-state index in [0.29, 0.717) is 26.3 Å². The minimum absolute atomic E-state index is 0.0109. The number of hydrogen-bond donors (Lipinski definition) is 2. The van der Waals surface area contributed by atoms with Crippen LogP contribution < -0.4 is 10.6 Å². The van der Waals surface area contributed by atoms with Crippen LogP contribution in [0.5, 0.6) is 0 Å².